The molecule has 7 heteroatoms. The fraction of sp³-hybridized carbons (Fsp3) is 0.357. The molecule has 2 heterocycles. The Morgan fingerprint density at radius 2 is 2.38 bits per heavy atom. The highest BCUT2D eigenvalue weighted by Gasteiger charge is 2.20. The molecule has 21 heavy (non-hydrogen) atoms. The molecule has 110 valence electrons. The number of rotatable bonds is 5. The van der Waals surface area contributed by atoms with E-state index in [1.165, 1.54) is 16.2 Å². The molecule has 4 nitrogen and oxygen atoms in total. The maximum atomic E-state index is 12.1. The van der Waals surface area contributed by atoms with E-state index in [2.05, 4.69) is 39.1 Å². The van der Waals surface area contributed by atoms with Gasteiger partial charge in [0, 0.05) is 16.5 Å². The molecule has 0 fully saturated rings. The summed E-state index contributed by atoms with van der Waals surface area (Å²) >= 11 is 4.83. The number of amides is 1. The van der Waals surface area contributed by atoms with Crippen molar-refractivity contribution in [2.45, 2.75) is 29.4 Å². The maximum absolute atomic E-state index is 12.1. The lowest BCUT2D eigenvalue weighted by molar-refractivity contribution is -0.120. The molecule has 0 radical (unpaired) electrons. The van der Waals surface area contributed by atoms with E-state index in [0.717, 1.165) is 29.4 Å². The van der Waals surface area contributed by atoms with E-state index in [0.29, 0.717) is 5.13 Å². The summed E-state index contributed by atoms with van der Waals surface area (Å²) in [7, 11) is 0. The summed E-state index contributed by atoms with van der Waals surface area (Å²) in [6.45, 7) is 0. The van der Waals surface area contributed by atoms with Crippen molar-refractivity contribution in [1.29, 1.82) is 0 Å². The second kappa shape index (κ2) is 7.20. The van der Waals surface area contributed by atoms with Crippen LogP contribution in [-0.4, -0.2) is 16.1 Å². The molecule has 1 amide bonds. The fourth-order valence-corrected chi connectivity index (χ4v) is 4.61. The van der Waals surface area contributed by atoms with Crippen LogP contribution in [0.1, 0.15) is 24.1 Å². The predicted octanol–water partition coefficient (Wildman–Crippen LogP) is 4.19. The third kappa shape index (κ3) is 4.15. The molecule has 1 aliphatic carbocycles. The standard InChI is InChI=1S/C14H15N3OS3/c18-12(10-5-2-1-3-6-10)15-13-16-17-14(21-13)20-9-11-7-4-8-19-11/h1-2,4,7-8,10H,3,5-6,9H2,(H,15,16,18)/t10-/m0/s1. The van der Waals surface area contributed by atoms with Gasteiger partial charge in [0.2, 0.25) is 11.0 Å². The number of thiophene rings is 1. The number of hydrogen-bond donors (Lipinski definition) is 1. The van der Waals surface area contributed by atoms with Gasteiger partial charge in [-0.3, -0.25) is 4.79 Å². The van der Waals surface area contributed by atoms with Crippen molar-refractivity contribution in [3.05, 3.63) is 34.5 Å². The Balaban J connectivity index is 1.52. The number of carbonyl (C=O) groups excluding carboxylic acids is 1. The second-order valence-electron chi connectivity index (χ2n) is 4.71. The highest BCUT2D eigenvalue weighted by atomic mass is 32.2. The van der Waals surface area contributed by atoms with Crippen LogP contribution in [0.3, 0.4) is 0 Å². The summed E-state index contributed by atoms with van der Waals surface area (Å²) in [6.07, 6.45) is 6.94. The zero-order chi connectivity index (χ0) is 14.5. The summed E-state index contributed by atoms with van der Waals surface area (Å²) in [4.78, 5) is 13.4. The van der Waals surface area contributed by atoms with Crippen LogP contribution < -0.4 is 5.32 Å². The quantitative estimate of drug-likeness (QED) is 0.505. The van der Waals surface area contributed by atoms with Crippen molar-refractivity contribution >= 4 is 45.5 Å². The highest BCUT2D eigenvalue weighted by Crippen LogP contribution is 2.30. The zero-order valence-corrected chi connectivity index (χ0v) is 13.8. The molecule has 0 saturated heterocycles. The van der Waals surface area contributed by atoms with Crippen molar-refractivity contribution in [2.24, 2.45) is 5.92 Å². The molecule has 0 bridgehead atoms. The smallest absolute Gasteiger partial charge is 0.229 e. The van der Waals surface area contributed by atoms with E-state index in [1.54, 1.807) is 23.1 Å². The lowest BCUT2D eigenvalue weighted by Crippen LogP contribution is -2.23. The molecule has 1 N–H and O–H groups in total. The molecule has 0 saturated carbocycles. The molecule has 2 aromatic heterocycles. The molecule has 0 unspecified atom stereocenters. The Bertz CT molecular complexity index is 621. The Hall–Kier alpha value is -1.18. The number of nitrogens with one attached hydrogen (secondary N) is 1. The van der Waals surface area contributed by atoms with Crippen LogP contribution in [0, 0.1) is 5.92 Å². The van der Waals surface area contributed by atoms with Gasteiger partial charge in [0.05, 0.1) is 0 Å². The number of allylic oxidation sites excluding steroid dienone is 2. The van der Waals surface area contributed by atoms with E-state index in [-0.39, 0.29) is 11.8 Å². The number of anilines is 1. The van der Waals surface area contributed by atoms with Gasteiger partial charge >= 0.3 is 0 Å². The number of carbonyl (C=O) groups is 1. The first kappa shape index (κ1) is 14.7. The molecule has 3 rings (SSSR count). The van der Waals surface area contributed by atoms with Crippen molar-refractivity contribution < 1.29 is 4.79 Å². The Kier molecular flexibility index (Phi) is 5.05. The molecule has 0 aliphatic heterocycles. The van der Waals surface area contributed by atoms with Crippen LogP contribution >= 0.6 is 34.4 Å². The minimum Gasteiger partial charge on any atom is -0.300 e. The average Bonchev–Trinajstić information content (AvgIpc) is 3.17. The first-order valence-corrected chi connectivity index (χ1v) is 9.44. The van der Waals surface area contributed by atoms with Crippen molar-refractivity contribution in [3.8, 4) is 0 Å². The summed E-state index contributed by atoms with van der Waals surface area (Å²) in [6, 6.07) is 4.16. The Morgan fingerprint density at radius 3 is 3.14 bits per heavy atom. The number of thioether (sulfide) groups is 1. The van der Waals surface area contributed by atoms with Crippen molar-refractivity contribution in [2.75, 3.05) is 5.32 Å². The van der Waals surface area contributed by atoms with Gasteiger partial charge in [-0.25, -0.2) is 0 Å². The van der Waals surface area contributed by atoms with Gasteiger partial charge in [-0.05, 0) is 30.7 Å². The van der Waals surface area contributed by atoms with Crippen LogP contribution in [0.5, 0.6) is 0 Å². The third-order valence-corrected chi connectivity index (χ3v) is 6.27. The van der Waals surface area contributed by atoms with Gasteiger partial charge in [0.25, 0.3) is 0 Å². The monoisotopic (exact) mass is 337 g/mol. The summed E-state index contributed by atoms with van der Waals surface area (Å²) < 4.78 is 0.891. The number of aromatic nitrogens is 2. The molecule has 0 aromatic carbocycles. The van der Waals surface area contributed by atoms with Crippen LogP contribution in [-0.2, 0) is 10.5 Å². The Morgan fingerprint density at radius 1 is 1.43 bits per heavy atom. The summed E-state index contributed by atoms with van der Waals surface area (Å²) in [5, 5.41) is 13.7. The van der Waals surface area contributed by atoms with E-state index >= 15 is 0 Å². The largest absolute Gasteiger partial charge is 0.300 e. The van der Waals surface area contributed by atoms with Crippen molar-refractivity contribution in [1.82, 2.24) is 10.2 Å². The van der Waals surface area contributed by atoms with Gasteiger partial charge in [0.1, 0.15) is 0 Å². The minimum absolute atomic E-state index is 0.0605. The van der Waals surface area contributed by atoms with Crippen LogP contribution in [0.15, 0.2) is 34.0 Å². The van der Waals surface area contributed by atoms with E-state index in [9.17, 15) is 4.79 Å². The van der Waals surface area contributed by atoms with E-state index in [1.807, 2.05) is 6.07 Å². The van der Waals surface area contributed by atoms with Crippen LogP contribution in [0.25, 0.3) is 0 Å². The topological polar surface area (TPSA) is 54.9 Å². The Labute approximate surface area is 135 Å². The predicted molar refractivity (Wildman–Crippen MR) is 88.9 cm³/mol. The SMILES string of the molecule is O=C(Nc1nnc(SCc2cccs2)s1)[C@H]1CC=CCC1. The number of hydrogen-bond acceptors (Lipinski definition) is 6. The molecule has 1 atom stereocenters. The van der Waals surface area contributed by atoms with Gasteiger partial charge in [-0.15, -0.1) is 21.5 Å². The molecule has 2 aromatic rings. The van der Waals surface area contributed by atoms with Gasteiger partial charge in [-0.1, -0.05) is 41.3 Å². The molecular formula is C14H15N3OS3. The molecule has 0 spiro atoms. The van der Waals surface area contributed by atoms with Crippen molar-refractivity contribution in [3.63, 3.8) is 0 Å². The van der Waals surface area contributed by atoms with Crippen LogP contribution in [0.4, 0.5) is 5.13 Å². The highest BCUT2D eigenvalue weighted by molar-refractivity contribution is 8.00. The normalized spacial score (nSPS) is 17.8. The fourth-order valence-electron chi connectivity index (χ4n) is 2.09. The maximum Gasteiger partial charge on any atom is 0.229 e. The summed E-state index contributed by atoms with van der Waals surface area (Å²) in [5.41, 5.74) is 0. The van der Waals surface area contributed by atoms with Gasteiger partial charge < -0.3 is 5.32 Å². The lowest BCUT2D eigenvalue weighted by Gasteiger charge is -2.15. The second-order valence-corrected chi connectivity index (χ2v) is 7.94. The molecular weight excluding hydrogens is 322 g/mol. The molecule has 1 aliphatic rings. The minimum atomic E-state index is 0.0605. The lowest BCUT2D eigenvalue weighted by atomic mass is 9.94. The van der Waals surface area contributed by atoms with E-state index in [4.69, 9.17) is 0 Å². The average molecular weight is 337 g/mol. The van der Waals surface area contributed by atoms with E-state index < -0.39 is 0 Å². The third-order valence-electron chi connectivity index (χ3n) is 3.19. The zero-order valence-electron chi connectivity index (χ0n) is 11.3. The number of nitrogens with zero attached hydrogens (tertiary/aromatic N) is 2. The first-order valence-electron chi connectivity index (χ1n) is 6.76. The summed E-state index contributed by atoms with van der Waals surface area (Å²) in [5.74, 6) is 1.03. The van der Waals surface area contributed by atoms with Gasteiger partial charge in [-0.2, -0.15) is 0 Å². The van der Waals surface area contributed by atoms with Gasteiger partial charge in [0.15, 0.2) is 4.34 Å². The first-order chi connectivity index (χ1) is 10.3. The van der Waals surface area contributed by atoms with Crippen LogP contribution in [0.2, 0.25) is 0 Å².